The lowest BCUT2D eigenvalue weighted by Crippen LogP contribution is -2.45. The van der Waals surface area contributed by atoms with Crippen LogP contribution in [0.15, 0.2) is 42.6 Å². The third-order valence-electron chi connectivity index (χ3n) is 4.45. The van der Waals surface area contributed by atoms with E-state index in [1.807, 2.05) is 6.07 Å². The van der Waals surface area contributed by atoms with Gasteiger partial charge in [0.2, 0.25) is 6.41 Å². The molecule has 136 valence electrons. The number of aromatic nitrogens is 1. The molecular formula is C19H21FN4O2. The molecular weight excluding hydrogens is 335 g/mol. The van der Waals surface area contributed by atoms with Crippen LogP contribution in [0.5, 0.6) is 0 Å². The van der Waals surface area contributed by atoms with E-state index in [4.69, 9.17) is 0 Å². The number of piperazine rings is 1. The lowest BCUT2D eigenvalue weighted by molar-refractivity contribution is -0.118. The molecule has 2 heterocycles. The van der Waals surface area contributed by atoms with Crippen molar-refractivity contribution in [1.29, 1.82) is 0 Å². The highest BCUT2D eigenvalue weighted by Crippen LogP contribution is 2.15. The number of nitrogens with zero attached hydrogens (tertiary/aromatic N) is 3. The highest BCUT2D eigenvalue weighted by Gasteiger charge is 2.16. The van der Waals surface area contributed by atoms with Gasteiger partial charge in [-0.3, -0.25) is 9.59 Å². The standard InChI is InChI=1S/C19H21FN4O2/c20-17-4-2-1-3-15(17)7-8-21-19(26)18-6-5-16(13-22-18)24-11-9-23(14-25)10-12-24/h1-6,13-14H,7-12H2,(H,21,26). The number of anilines is 1. The first-order chi connectivity index (χ1) is 12.7. The van der Waals surface area contributed by atoms with Crippen LogP contribution in [0.2, 0.25) is 0 Å². The van der Waals surface area contributed by atoms with Crippen LogP contribution >= 0.6 is 0 Å². The molecule has 0 aliphatic carbocycles. The Labute approximate surface area is 151 Å². The molecule has 3 rings (SSSR count). The molecule has 26 heavy (non-hydrogen) atoms. The number of halogens is 1. The van der Waals surface area contributed by atoms with Crippen LogP contribution in [0.4, 0.5) is 10.1 Å². The third kappa shape index (κ3) is 4.36. The van der Waals surface area contributed by atoms with E-state index in [-0.39, 0.29) is 11.7 Å². The van der Waals surface area contributed by atoms with Gasteiger partial charge < -0.3 is 15.1 Å². The predicted molar refractivity (Wildman–Crippen MR) is 96.5 cm³/mol. The Morgan fingerprint density at radius 3 is 2.58 bits per heavy atom. The van der Waals surface area contributed by atoms with Gasteiger partial charge in [0.1, 0.15) is 11.5 Å². The molecule has 0 radical (unpaired) electrons. The minimum atomic E-state index is -0.279. The topological polar surface area (TPSA) is 65.5 Å². The second-order valence-electron chi connectivity index (χ2n) is 6.13. The average Bonchev–Trinajstić information content (AvgIpc) is 2.69. The van der Waals surface area contributed by atoms with Gasteiger partial charge in [0, 0.05) is 32.7 Å². The Morgan fingerprint density at radius 2 is 1.92 bits per heavy atom. The van der Waals surface area contributed by atoms with E-state index in [0.717, 1.165) is 25.2 Å². The first kappa shape index (κ1) is 17.8. The Morgan fingerprint density at radius 1 is 1.15 bits per heavy atom. The second kappa shape index (κ2) is 8.42. The summed E-state index contributed by atoms with van der Waals surface area (Å²) in [4.78, 5) is 31.0. The fourth-order valence-corrected chi connectivity index (χ4v) is 2.90. The quantitative estimate of drug-likeness (QED) is 0.796. The molecule has 2 aromatic rings. The molecule has 0 atom stereocenters. The van der Waals surface area contributed by atoms with E-state index in [1.165, 1.54) is 6.07 Å². The highest BCUT2D eigenvalue weighted by molar-refractivity contribution is 5.92. The Kier molecular flexibility index (Phi) is 5.78. The average molecular weight is 356 g/mol. The van der Waals surface area contributed by atoms with Crippen LogP contribution in [-0.4, -0.2) is 54.9 Å². The molecule has 1 aliphatic heterocycles. The van der Waals surface area contributed by atoms with Crippen molar-refractivity contribution < 1.29 is 14.0 Å². The van der Waals surface area contributed by atoms with E-state index >= 15 is 0 Å². The van der Waals surface area contributed by atoms with E-state index < -0.39 is 0 Å². The zero-order valence-corrected chi connectivity index (χ0v) is 14.4. The van der Waals surface area contributed by atoms with Crippen LogP contribution < -0.4 is 10.2 Å². The number of amides is 2. The van der Waals surface area contributed by atoms with Crippen molar-refractivity contribution in [3.8, 4) is 0 Å². The zero-order chi connectivity index (χ0) is 18.4. The molecule has 1 fully saturated rings. The van der Waals surface area contributed by atoms with Crippen LogP contribution in [0, 0.1) is 5.82 Å². The largest absolute Gasteiger partial charge is 0.367 e. The molecule has 6 nitrogen and oxygen atoms in total. The minimum Gasteiger partial charge on any atom is -0.367 e. The van der Waals surface area contributed by atoms with Crippen LogP contribution in [0.1, 0.15) is 16.1 Å². The van der Waals surface area contributed by atoms with Crippen molar-refractivity contribution in [2.24, 2.45) is 0 Å². The molecule has 0 unspecified atom stereocenters. The summed E-state index contributed by atoms with van der Waals surface area (Å²) in [6.07, 6.45) is 2.96. The number of nitrogens with one attached hydrogen (secondary N) is 1. The molecule has 0 spiro atoms. The van der Waals surface area contributed by atoms with Crippen molar-refractivity contribution in [2.75, 3.05) is 37.6 Å². The van der Waals surface area contributed by atoms with Crippen LogP contribution in [0.25, 0.3) is 0 Å². The predicted octanol–water partition coefficient (Wildman–Crippen LogP) is 1.47. The summed E-state index contributed by atoms with van der Waals surface area (Å²) in [5.41, 5.74) is 1.83. The number of rotatable bonds is 6. The Bertz CT molecular complexity index is 758. The van der Waals surface area contributed by atoms with Gasteiger partial charge >= 0.3 is 0 Å². The van der Waals surface area contributed by atoms with Gasteiger partial charge in [-0.25, -0.2) is 9.37 Å². The maximum Gasteiger partial charge on any atom is 0.269 e. The molecule has 1 aromatic heterocycles. The molecule has 1 aliphatic rings. The van der Waals surface area contributed by atoms with Crippen molar-refractivity contribution in [1.82, 2.24) is 15.2 Å². The molecule has 2 amide bonds. The summed E-state index contributed by atoms with van der Waals surface area (Å²) in [5, 5.41) is 2.76. The molecule has 0 bridgehead atoms. The van der Waals surface area contributed by atoms with Gasteiger partial charge in [0.15, 0.2) is 0 Å². The van der Waals surface area contributed by atoms with Crippen molar-refractivity contribution in [2.45, 2.75) is 6.42 Å². The Hall–Kier alpha value is -2.96. The summed E-state index contributed by atoms with van der Waals surface area (Å²) in [5.74, 6) is -0.544. The summed E-state index contributed by atoms with van der Waals surface area (Å²) in [7, 11) is 0. The first-order valence-corrected chi connectivity index (χ1v) is 8.59. The van der Waals surface area contributed by atoms with Crippen molar-refractivity contribution in [3.63, 3.8) is 0 Å². The van der Waals surface area contributed by atoms with Crippen molar-refractivity contribution in [3.05, 3.63) is 59.7 Å². The van der Waals surface area contributed by atoms with Crippen LogP contribution in [0.3, 0.4) is 0 Å². The number of pyridine rings is 1. The van der Waals surface area contributed by atoms with Crippen LogP contribution in [-0.2, 0) is 11.2 Å². The SMILES string of the molecule is O=CN1CCN(c2ccc(C(=O)NCCc3ccccc3F)nc2)CC1. The number of carbonyl (C=O) groups excluding carboxylic acids is 2. The van der Waals surface area contributed by atoms with Gasteiger partial charge in [0.05, 0.1) is 11.9 Å². The van der Waals surface area contributed by atoms with E-state index in [0.29, 0.717) is 37.3 Å². The van der Waals surface area contributed by atoms with Gasteiger partial charge in [-0.15, -0.1) is 0 Å². The summed E-state index contributed by atoms with van der Waals surface area (Å²) < 4.78 is 13.6. The van der Waals surface area contributed by atoms with Gasteiger partial charge in [-0.1, -0.05) is 18.2 Å². The van der Waals surface area contributed by atoms with E-state index in [9.17, 15) is 14.0 Å². The normalized spacial score (nSPS) is 14.2. The number of benzene rings is 1. The highest BCUT2D eigenvalue weighted by atomic mass is 19.1. The smallest absolute Gasteiger partial charge is 0.269 e. The molecule has 7 heteroatoms. The van der Waals surface area contributed by atoms with Gasteiger partial charge in [0.25, 0.3) is 5.91 Å². The maximum absolute atomic E-state index is 13.6. The monoisotopic (exact) mass is 356 g/mol. The first-order valence-electron chi connectivity index (χ1n) is 8.59. The second-order valence-corrected chi connectivity index (χ2v) is 6.13. The number of hydrogen-bond acceptors (Lipinski definition) is 4. The van der Waals surface area contributed by atoms with E-state index in [2.05, 4.69) is 15.2 Å². The fourth-order valence-electron chi connectivity index (χ4n) is 2.90. The molecule has 0 saturated carbocycles. The van der Waals surface area contributed by atoms with Gasteiger partial charge in [-0.2, -0.15) is 0 Å². The van der Waals surface area contributed by atoms with Gasteiger partial charge in [-0.05, 0) is 30.2 Å². The summed E-state index contributed by atoms with van der Waals surface area (Å²) in [6, 6.07) is 10.1. The summed E-state index contributed by atoms with van der Waals surface area (Å²) >= 11 is 0. The zero-order valence-electron chi connectivity index (χ0n) is 14.4. The van der Waals surface area contributed by atoms with Crippen molar-refractivity contribution >= 4 is 18.0 Å². The number of hydrogen-bond donors (Lipinski definition) is 1. The molecule has 1 aromatic carbocycles. The fraction of sp³-hybridized carbons (Fsp3) is 0.316. The van der Waals surface area contributed by atoms with E-state index in [1.54, 1.807) is 35.4 Å². The minimum absolute atomic E-state index is 0.265. The molecule has 1 saturated heterocycles. The maximum atomic E-state index is 13.6. The third-order valence-corrected chi connectivity index (χ3v) is 4.45. The molecule has 1 N–H and O–H groups in total. The summed E-state index contributed by atoms with van der Waals surface area (Å²) in [6.45, 7) is 3.20. The lowest BCUT2D eigenvalue weighted by Gasteiger charge is -2.33. The lowest BCUT2D eigenvalue weighted by atomic mass is 10.1. The Balaban J connectivity index is 1.51. The number of carbonyl (C=O) groups is 2.